The largest absolute Gasteiger partial charge is 0.311 e. The third kappa shape index (κ3) is 7.70. The summed E-state index contributed by atoms with van der Waals surface area (Å²) in [6.45, 7) is 0. The molecule has 0 aliphatic carbocycles. The van der Waals surface area contributed by atoms with Gasteiger partial charge in [-0.3, -0.25) is 0 Å². The molecule has 0 saturated carbocycles. The molecule has 0 radical (unpaired) electrons. The smallest absolute Gasteiger partial charge is 0.0541 e. The van der Waals surface area contributed by atoms with E-state index in [1.807, 2.05) is 6.07 Å². The van der Waals surface area contributed by atoms with Gasteiger partial charge < -0.3 is 9.47 Å². The molecule has 1 heterocycles. The van der Waals surface area contributed by atoms with E-state index >= 15 is 0 Å². The van der Waals surface area contributed by atoms with Crippen molar-refractivity contribution < 1.29 is 0 Å². The highest BCUT2D eigenvalue weighted by atomic mass is 15.1. The third-order valence-corrected chi connectivity index (χ3v) is 12.2. The lowest BCUT2D eigenvalue weighted by Gasteiger charge is -2.26. The fraction of sp³-hybridized carbons (Fsp3) is 0. The predicted octanol–water partition coefficient (Wildman–Crippen LogP) is 17.1. The Kier molecular flexibility index (Phi) is 10.3. The number of hydrogen-bond acceptors (Lipinski definition) is 1. The van der Waals surface area contributed by atoms with Crippen molar-refractivity contribution in [1.29, 1.82) is 0 Å². The van der Waals surface area contributed by atoms with E-state index in [1.54, 1.807) is 0 Å². The Balaban J connectivity index is 1.01. The molecule has 11 aromatic rings. The van der Waals surface area contributed by atoms with Crippen molar-refractivity contribution in [3.8, 4) is 50.2 Å². The van der Waals surface area contributed by atoms with Gasteiger partial charge in [0.1, 0.15) is 0 Å². The van der Waals surface area contributed by atoms with Crippen LogP contribution >= 0.6 is 0 Å². The van der Waals surface area contributed by atoms with Crippen LogP contribution in [0.5, 0.6) is 0 Å². The molecule has 0 bridgehead atoms. The maximum Gasteiger partial charge on any atom is 0.0541 e. The van der Waals surface area contributed by atoms with Gasteiger partial charge in [0.25, 0.3) is 0 Å². The van der Waals surface area contributed by atoms with Gasteiger partial charge in [-0.1, -0.05) is 182 Å². The molecule has 0 spiro atoms. The van der Waals surface area contributed by atoms with E-state index in [-0.39, 0.29) is 0 Å². The predicted molar refractivity (Wildman–Crippen MR) is 273 cm³/mol. The van der Waals surface area contributed by atoms with Crippen molar-refractivity contribution in [3.05, 3.63) is 266 Å². The van der Waals surface area contributed by atoms with Crippen molar-refractivity contribution in [2.24, 2.45) is 0 Å². The first-order valence-corrected chi connectivity index (χ1v) is 21.9. The van der Waals surface area contributed by atoms with Gasteiger partial charge in [-0.05, 0) is 141 Å². The third-order valence-electron chi connectivity index (χ3n) is 12.2. The zero-order valence-corrected chi connectivity index (χ0v) is 35.3. The second-order valence-electron chi connectivity index (χ2n) is 16.2. The first-order chi connectivity index (χ1) is 31.7. The average Bonchev–Trinajstić information content (AvgIpc) is 3.70. The lowest BCUT2D eigenvalue weighted by atomic mass is 9.96. The summed E-state index contributed by atoms with van der Waals surface area (Å²) in [6.07, 6.45) is 4.33. The molecule has 0 unspecified atom stereocenters. The van der Waals surface area contributed by atoms with Crippen LogP contribution in [0, 0.1) is 0 Å². The fourth-order valence-corrected chi connectivity index (χ4v) is 8.94. The minimum absolute atomic E-state index is 1.09. The second-order valence-corrected chi connectivity index (χ2v) is 16.2. The Morgan fingerprint density at radius 1 is 0.266 bits per heavy atom. The van der Waals surface area contributed by atoms with E-state index < -0.39 is 0 Å². The van der Waals surface area contributed by atoms with E-state index in [0.717, 1.165) is 28.3 Å². The summed E-state index contributed by atoms with van der Waals surface area (Å²) >= 11 is 0. The van der Waals surface area contributed by atoms with E-state index in [0.29, 0.717) is 0 Å². The molecule has 2 nitrogen and oxygen atoms in total. The molecule has 1 aromatic heterocycles. The highest BCUT2D eigenvalue weighted by Gasteiger charge is 2.17. The first kappa shape index (κ1) is 38.5. The van der Waals surface area contributed by atoms with Gasteiger partial charge in [0, 0.05) is 33.5 Å². The molecular weight excluding hydrogens is 773 g/mol. The molecule has 10 aromatic carbocycles. The van der Waals surface area contributed by atoms with Gasteiger partial charge in [-0.15, -0.1) is 0 Å². The summed E-state index contributed by atoms with van der Waals surface area (Å²) in [5, 5.41) is 2.44. The van der Waals surface area contributed by atoms with E-state index in [4.69, 9.17) is 0 Å². The number of nitrogens with zero attached hydrogens (tertiary/aromatic N) is 2. The molecule has 0 atom stereocenters. The zero-order chi connectivity index (χ0) is 42.7. The molecular formula is C62H44N2. The lowest BCUT2D eigenvalue weighted by Crippen LogP contribution is -2.10. The highest BCUT2D eigenvalue weighted by molar-refractivity contribution is 6.11. The molecule has 0 saturated heterocycles. The van der Waals surface area contributed by atoms with Crippen LogP contribution in [-0.2, 0) is 0 Å². The monoisotopic (exact) mass is 816 g/mol. The number of benzene rings is 10. The Labute approximate surface area is 374 Å². The average molecular weight is 817 g/mol. The summed E-state index contributed by atoms with van der Waals surface area (Å²) in [7, 11) is 0. The Hall–Kier alpha value is -8.46. The molecule has 11 rings (SSSR count). The standard InChI is InChI=1S/C62H44N2/c1-5-15-45(16-6-1)27-28-46-29-33-56(34-30-46)63(55-25-11-4-12-26-55)57-35-37-58(38-36-57)64-61-39-31-53(51-23-13-21-49(41-51)47-17-7-2-8-18-47)43-59(61)60-44-54(32-40-62(60)64)52-24-14-22-50(42-52)48-19-9-3-10-20-48/h1-44H/b28-27+. The Bertz CT molecular complexity index is 3250. The van der Waals surface area contributed by atoms with Gasteiger partial charge in [-0.2, -0.15) is 0 Å². The van der Waals surface area contributed by atoms with Crippen LogP contribution in [0.2, 0.25) is 0 Å². The van der Waals surface area contributed by atoms with Gasteiger partial charge in [0.2, 0.25) is 0 Å². The van der Waals surface area contributed by atoms with E-state index in [9.17, 15) is 0 Å². The summed E-state index contributed by atoms with van der Waals surface area (Å²) in [5.41, 5.74) is 18.7. The van der Waals surface area contributed by atoms with E-state index in [2.05, 4.69) is 270 Å². The summed E-state index contributed by atoms with van der Waals surface area (Å²) in [6, 6.07) is 91.8. The molecule has 0 aliphatic heterocycles. The summed E-state index contributed by atoms with van der Waals surface area (Å²) < 4.78 is 2.42. The maximum absolute atomic E-state index is 2.42. The normalized spacial score (nSPS) is 11.4. The summed E-state index contributed by atoms with van der Waals surface area (Å²) in [4.78, 5) is 2.33. The lowest BCUT2D eigenvalue weighted by molar-refractivity contribution is 1.17. The van der Waals surface area contributed by atoms with Gasteiger partial charge in [0.05, 0.1) is 11.0 Å². The number of para-hydroxylation sites is 1. The van der Waals surface area contributed by atoms with E-state index in [1.165, 1.54) is 71.9 Å². The van der Waals surface area contributed by atoms with Crippen LogP contribution in [0.15, 0.2) is 255 Å². The van der Waals surface area contributed by atoms with Crippen LogP contribution in [0.25, 0.3) is 84.2 Å². The first-order valence-electron chi connectivity index (χ1n) is 21.9. The number of rotatable bonds is 10. The van der Waals surface area contributed by atoms with Crippen LogP contribution in [-0.4, -0.2) is 4.57 Å². The zero-order valence-electron chi connectivity index (χ0n) is 35.3. The fourth-order valence-electron chi connectivity index (χ4n) is 8.94. The van der Waals surface area contributed by atoms with Crippen LogP contribution in [0.4, 0.5) is 17.1 Å². The molecule has 2 heteroatoms. The number of fused-ring (bicyclic) bond motifs is 3. The molecule has 0 N–H and O–H groups in total. The van der Waals surface area contributed by atoms with Crippen molar-refractivity contribution in [2.75, 3.05) is 4.90 Å². The topological polar surface area (TPSA) is 8.17 Å². The quantitative estimate of drug-likeness (QED) is 0.125. The minimum atomic E-state index is 1.09. The van der Waals surface area contributed by atoms with Crippen molar-refractivity contribution >= 4 is 51.0 Å². The van der Waals surface area contributed by atoms with Gasteiger partial charge >= 0.3 is 0 Å². The van der Waals surface area contributed by atoms with Crippen molar-refractivity contribution in [3.63, 3.8) is 0 Å². The molecule has 64 heavy (non-hydrogen) atoms. The molecule has 302 valence electrons. The second kappa shape index (κ2) is 17.1. The van der Waals surface area contributed by atoms with Gasteiger partial charge in [0.15, 0.2) is 0 Å². The SMILES string of the molecule is C(=C\c1ccc(N(c2ccccc2)c2ccc(-n3c4ccc(-c5cccc(-c6ccccc6)c5)cc4c4cc(-c5cccc(-c6ccccc6)c5)ccc43)cc2)cc1)/c1ccccc1. The Morgan fingerprint density at radius 3 is 1.11 bits per heavy atom. The highest BCUT2D eigenvalue weighted by Crippen LogP contribution is 2.40. The van der Waals surface area contributed by atoms with Crippen LogP contribution < -0.4 is 4.90 Å². The van der Waals surface area contributed by atoms with Crippen molar-refractivity contribution in [1.82, 2.24) is 4.57 Å². The Morgan fingerprint density at radius 2 is 0.625 bits per heavy atom. The molecule has 0 aliphatic rings. The van der Waals surface area contributed by atoms with Crippen molar-refractivity contribution in [2.45, 2.75) is 0 Å². The number of aromatic nitrogens is 1. The maximum atomic E-state index is 2.42. The van der Waals surface area contributed by atoms with Crippen LogP contribution in [0.3, 0.4) is 0 Å². The minimum Gasteiger partial charge on any atom is -0.311 e. The number of anilines is 3. The van der Waals surface area contributed by atoms with Crippen LogP contribution in [0.1, 0.15) is 11.1 Å². The number of hydrogen-bond donors (Lipinski definition) is 0. The summed E-state index contributed by atoms with van der Waals surface area (Å²) in [5.74, 6) is 0. The molecule has 0 fully saturated rings. The van der Waals surface area contributed by atoms with Gasteiger partial charge in [-0.25, -0.2) is 0 Å². The molecule has 0 amide bonds.